The first-order valence-electron chi connectivity index (χ1n) is 7.34. The van der Waals surface area contributed by atoms with Crippen LogP contribution in [-0.4, -0.2) is 30.6 Å². The number of ether oxygens (including phenoxy) is 2. The van der Waals surface area contributed by atoms with E-state index in [1.54, 1.807) is 19.1 Å². The molecule has 6 nitrogen and oxygen atoms in total. The summed E-state index contributed by atoms with van der Waals surface area (Å²) in [7, 11) is 0. The summed E-state index contributed by atoms with van der Waals surface area (Å²) >= 11 is 0. The van der Waals surface area contributed by atoms with Gasteiger partial charge in [-0.3, -0.25) is 4.79 Å². The first-order chi connectivity index (χ1) is 10.8. The lowest BCUT2D eigenvalue weighted by atomic mass is 9.90. The minimum Gasteiger partial charge on any atom is -0.482 e. The second-order valence-corrected chi connectivity index (χ2v) is 5.78. The van der Waals surface area contributed by atoms with Crippen LogP contribution in [0.3, 0.4) is 0 Å². The van der Waals surface area contributed by atoms with Crippen molar-refractivity contribution >= 4 is 11.9 Å². The van der Waals surface area contributed by atoms with Crippen LogP contribution in [0.25, 0.3) is 0 Å². The molecule has 0 fully saturated rings. The third kappa shape index (κ3) is 5.99. The second-order valence-electron chi connectivity index (χ2n) is 5.78. The zero-order chi connectivity index (χ0) is 17.5. The highest BCUT2D eigenvalue weighted by atomic mass is 16.6. The molecule has 1 N–H and O–H groups in total. The summed E-state index contributed by atoms with van der Waals surface area (Å²) in [5, 5.41) is 11.7. The highest BCUT2D eigenvalue weighted by Gasteiger charge is 2.30. The van der Waals surface area contributed by atoms with Gasteiger partial charge in [0.25, 0.3) is 5.91 Å². The molecule has 1 aromatic carbocycles. The summed E-state index contributed by atoms with van der Waals surface area (Å²) in [5.74, 6) is -0.684. The van der Waals surface area contributed by atoms with Crippen LogP contribution in [-0.2, 0) is 14.3 Å². The Labute approximate surface area is 136 Å². The van der Waals surface area contributed by atoms with Gasteiger partial charge in [0.05, 0.1) is 6.07 Å². The maximum absolute atomic E-state index is 11.8. The molecule has 1 rings (SSSR count). The standard InChI is InChI=1S/C17H22N2O4/c1-12(2)17(4,11-18)19-15(20)9-23-16(21)10-22-14-7-5-6-13(3)8-14/h5-8,12H,9-10H2,1-4H3,(H,19,20)/t17-/m0/s1. The number of nitrogens with zero attached hydrogens (tertiary/aromatic N) is 1. The fraction of sp³-hybridized carbons (Fsp3) is 0.471. The molecule has 0 spiro atoms. The predicted molar refractivity (Wildman–Crippen MR) is 84.6 cm³/mol. The van der Waals surface area contributed by atoms with Crippen molar-refractivity contribution in [2.75, 3.05) is 13.2 Å². The fourth-order valence-electron chi connectivity index (χ4n) is 1.66. The maximum Gasteiger partial charge on any atom is 0.344 e. The summed E-state index contributed by atoms with van der Waals surface area (Å²) in [6, 6.07) is 9.30. The third-order valence-corrected chi connectivity index (χ3v) is 3.50. The molecule has 23 heavy (non-hydrogen) atoms. The summed E-state index contributed by atoms with van der Waals surface area (Å²) < 4.78 is 10.1. The number of benzene rings is 1. The van der Waals surface area contributed by atoms with E-state index in [2.05, 4.69) is 11.4 Å². The predicted octanol–water partition coefficient (Wildman–Crippen LogP) is 1.97. The van der Waals surface area contributed by atoms with Crippen molar-refractivity contribution in [3.8, 4) is 11.8 Å². The van der Waals surface area contributed by atoms with E-state index in [1.807, 2.05) is 32.9 Å². The lowest BCUT2D eigenvalue weighted by Crippen LogP contribution is -2.50. The number of hydrogen-bond acceptors (Lipinski definition) is 5. The third-order valence-electron chi connectivity index (χ3n) is 3.50. The van der Waals surface area contributed by atoms with Crippen molar-refractivity contribution in [3.63, 3.8) is 0 Å². The van der Waals surface area contributed by atoms with E-state index in [-0.39, 0.29) is 12.5 Å². The quantitative estimate of drug-likeness (QED) is 0.777. The molecule has 0 aliphatic rings. The van der Waals surface area contributed by atoms with Gasteiger partial charge in [0.1, 0.15) is 11.3 Å². The molecule has 0 aromatic heterocycles. The second kappa shape index (κ2) is 8.18. The molecule has 0 heterocycles. The molecule has 124 valence electrons. The molecule has 0 saturated carbocycles. The first-order valence-corrected chi connectivity index (χ1v) is 7.34. The van der Waals surface area contributed by atoms with E-state index in [0.717, 1.165) is 5.56 Å². The molecule has 0 unspecified atom stereocenters. The smallest absolute Gasteiger partial charge is 0.344 e. The Morgan fingerprint density at radius 1 is 1.35 bits per heavy atom. The number of rotatable bonds is 7. The number of nitrogens with one attached hydrogen (secondary N) is 1. The number of nitriles is 1. The van der Waals surface area contributed by atoms with E-state index in [4.69, 9.17) is 14.7 Å². The minimum absolute atomic E-state index is 0.0724. The first kappa shape index (κ1) is 18.5. The Morgan fingerprint density at radius 2 is 2.04 bits per heavy atom. The van der Waals surface area contributed by atoms with Crippen LogP contribution in [0.15, 0.2) is 24.3 Å². The zero-order valence-electron chi connectivity index (χ0n) is 13.9. The van der Waals surface area contributed by atoms with Crippen LogP contribution < -0.4 is 10.1 Å². The summed E-state index contributed by atoms with van der Waals surface area (Å²) in [6.07, 6.45) is 0. The topological polar surface area (TPSA) is 88.4 Å². The molecule has 0 aliphatic carbocycles. The highest BCUT2D eigenvalue weighted by Crippen LogP contribution is 2.15. The molecule has 0 bridgehead atoms. The number of aryl methyl sites for hydroxylation is 1. The molecule has 0 radical (unpaired) electrons. The van der Waals surface area contributed by atoms with Gasteiger partial charge in [0, 0.05) is 0 Å². The van der Waals surface area contributed by atoms with Crippen LogP contribution in [0.5, 0.6) is 5.75 Å². The molecular weight excluding hydrogens is 296 g/mol. The summed E-state index contributed by atoms with van der Waals surface area (Å²) in [5.41, 5.74) is 0.0152. The minimum atomic E-state index is -0.998. The molecule has 0 aliphatic heterocycles. The fourth-order valence-corrected chi connectivity index (χ4v) is 1.66. The van der Waals surface area contributed by atoms with Gasteiger partial charge in [0.2, 0.25) is 0 Å². The van der Waals surface area contributed by atoms with Gasteiger partial charge >= 0.3 is 5.97 Å². The van der Waals surface area contributed by atoms with E-state index in [1.165, 1.54) is 0 Å². The number of carbonyl (C=O) groups is 2. The number of hydrogen-bond donors (Lipinski definition) is 1. The van der Waals surface area contributed by atoms with Crippen LogP contribution in [0.1, 0.15) is 26.3 Å². The monoisotopic (exact) mass is 318 g/mol. The lowest BCUT2D eigenvalue weighted by molar-refractivity contribution is -0.150. The van der Waals surface area contributed by atoms with Crippen molar-refractivity contribution in [2.45, 2.75) is 33.2 Å². The van der Waals surface area contributed by atoms with Gasteiger partial charge in [-0.15, -0.1) is 0 Å². The van der Waals surface area contributed by atoms with Crippen LogP contribution in [0.4, 0.5) is 0 Å². The Hall–Kier alpha value is -2.55. The van der Waals surface area contributed by atoms with E-state index >= 15 is 0 Å². The van der Waals surface area contributed by atoms with Crippen molar-refractivity contribution in [1.29, 1.82) is 5.26 Å². The van der Waals surface area contributed by atoms with Gasteiger partial charge in [-0.1, -0.05) is 26.0 Å². The summed E-state index contributed by atoms with van der Waals surface area (Å²) in [6.45, 7) is 6.46. The Bertz CT molecular complexity index is 607. The molecular formula is C17H22N2O4. The van der Waals surface area contributed by atoms with Gasteiger partial charge in [-0.2, -0.15) is 5.26 Å². The molecule has 1 aromatic rings. The zero-order valence-corrected chi connectivity index (χ0v) is 13.9. The van der Waals surface area contributed by atoms with Gasteiger partial charge in [-0.05, 0) is 37.5 Å². The van der Waals surface area contributed by atoms with Crippen LogP contribution >= 0.6 is 0 Å². The molecule has 0 saturated heterocycles. The van der Waals surface area contributed by atoms with Crippen molar-refractivity contribution in [1.82, 2.24) is 5.32 Å². The van der Waals surface area contributed by atoms with E-state index < -0.39 is 24.0 Å². The van der Waals surface area contributed by atoms with Crippen LogP contribution in [0, 0.1) is 24.2 Å². The van der Waals surface area contributed by atoms with Gasteiger partial charge in [0.15, 0.2) is 13.2 Å². The lowest BCUT2D eigenvalue weighted by Gasteiger charge is -2.27. The molecule has 6 heteroatoms. The summed E-state index contributed by atoms with van der Waals surface area (Å²) in [4.78, 5) is 23.3. The Balaban J connectivity index is 2.38. The van der Waals surface area contributed by atoms with Gasteiger partial charge < -0.3 is 14.8 Å². The molecule has 1 amide bonds. The largest absolute Gasteiger partial charge is 0.482 e. The van der Waals surface area contributed by atoms with Crippen molar-refractivity contribution in [2.24, 2.45) is 5.92 Å². The average Bonchev–Trinajstić information content (AvgIpc) is 2.50. The number of amides is 1. The number of carbonyl (C=O) groups excluding carboxylic acids is 2. The number of esters is 1. The van der Waals surface area contributed by atoms with Gasteiger partial charge in [-0.25, -0.2) is 4.79 Å². The maximum atomic E-state index is 11.8. The normalized spacial score (nSPS) is 12.9. The highest BCUT2D eigenvalue weighted by molar-refractivity contribution is 5.81. The average molecular weight is 318 g/mol. The van der Waals surface area contributed by atoms with Crippen molar-refractivity contribution < 1.29 is 19.1 Å². The SMILES string of the molecule is Cc1cccc(OCC(=O)OCC(=O)N[C@@](C)(C#N)C(C)C)c1. The van der Waals surface area contributed by atoms with E-state index in [0.29, 0.717) is 5.75 Å². The van der Waals surface area contributed by atoms with Crippen molar-refractivity contribution in [3.05, 3.63) is 29.8 Å². The molecule has 1 atom stereocenters. The van der Waals surface area contributed by atoms with Crippen LogP contribution in [0.2, 0.25) is 0 Å². The Morgan fingerprint density at radius 3 is 2.61 bits per heavy atom. The Kier molecular flexibility index (Phi) is 6.58. The van der Waals surface area contributed by atoms with E-state index in [9.17, 15) is 9.59 Å².